The standard InChI is InChI=1S/C13H18BNO4/c1-9(16)17-11-6-10(7-15-8-11)14-18-12(2,3)13(4,5)19-14/h6-8H,1-5H3. The van der Waals surface area contributed by atoms with E-state index in [-0.39, 0.29) is 5.97 Å². The van der Waals surface area contributed by atoms with E-state index in [2.05, 4.69) is 4.98 Å². The van der Waals surface area contributed by atoms with E-state index in [4.69, 9.17) is 14.0 Å². The van der Waals surface area contributed by atoms with Crippen molar-refractivity contribution in [3.05, 3.63) is 18.5 Å². The fraction of sp³-hybridized carbons (Fsp3) is 0.538. The van der Waals surface area contributed by atoms with Crippen LogP contribution in [0.1, 0.15) is 34.6 Å². The molecular weight excluding hydrogens is 245 g/mol. The number of hydrogen-bond donors (Lipinski definition) is 0. The Kier molecular flexibility index (Phi) is 3.41. The number of esters is 1. The van der Waals surface area contributed by atoms with Crippen LogP contribution in [-0.2, 0) is 14.1 Å². The summed E-state index contributed by atoms with van der Waals surface area (Å²) in [5.41, 5.74) is -0.0816. The van der Waals surface area contributed by atoms with Gasteiger partial charge in [0.1, 0.15) is 5.75 Å². The monoisotopic (exact) mass is 263 g/mol. The second-order valence-electron chi connectivity index (χ2n) is 5.64. The Labute approximate surface area is 113 Å². The maximum atomic E-state index is 10.9. The molecule has 0 saturated carbocycles. The molecule has 5 nitrogen and oxygen atoms in total. The minimum atomic E-state index is -0.506. The summed E-state index contributed by atoms with van der Waals surface area (Å²) in [6.45, 7) is 9.28. The minimum absolute atomic E-state index is 0.382. The zero-order chi connectivity index (χ0) is 14.3. The molecule has 0 spiro atoms. The first-order valence-corrected chi connectivity index (χ1v) is 6.20. The first kappa shape index (κ1) is 14.0. The van der Waals surface area contributed by atoms with Crippen LogP contribution in [-0.4, -0.2) is 29.3 Å². The highest BCUT2D eigenvalue weighted by Crippen LogP contribution is 2.36. The number of rotatable bonds is 2. The number of ether oxygens (including phenoxy) is 1. The molecular formula is C13H18BNO4. The summed E-state index contributed by atoms with van der Waals surface area (Å²) in [6.07, 6.45) is 3.13. The van der Waals surface area contributed by atoms with Crippen molar-refractivity contribution < 1.29 is 18.8 Å². The van der Waals surface area contributed by atoms with Gasteiger partial charge < -0.3 is 14.0 Å². The van der Waals surface area contributed by atoms with Crippen LogP contribution in [0.3, 0.4) is 0 Å². The van der Waals surface area contributed by atoms with Gasteiger partial charge in [0.05, 0.1) is 17.4 Å². The lowest BCUT2D eigenvalue weighted by atomic mass is 9.80. The van der Waals surface area contributed by atoms with Gasteiger partial charge in [-0.15, -0.1) is 0 Å². The second-order valence-corrected chi connectivity index (χ2v) is 5.64. The number of pyridine rings is 1. The first-order valence-electron chi connectivity index (χ1n) is 6.20. The molecule has 1 aliphatic rings. The lowest BCUT2D eigenvalue weighted by Crippen LogP contribution is -2.41. The highest BCUT2D eigenvalue weighted by Gasteiger charge is 2.51. The molecule has 0 unspecified atom stereocenters. The van der Waals surface area contributed by atoms with Gasteiger partial charge in [-0.25, -0.2) is 0 Å². The molecule has 102 valence electrons. The van der Waals surface area contributed by atoms with E-state index in [0.29, 0.717) is 5.75 Å². The van der Waals surface area contributed by atoms with Gasteiger partial charge in [-0.3, -0.25) is 9.78 Å². The summed E-state index contributed by atoms with van der Waals surface area (Å²) >= 11 is 0. The van der Waals surface area contributed by atoms with Crippen LogP contribution in [0.4, 0.5) is 0 Å². The van der Waals surface area contributed by atoms with Crippen molar-refractivity contribution in [1.82, 2.24) is 4.98 Å². The van der Waals surface area contributed by atoms with Crippen LogP contribution in [0.15, 0.2) is 18.5 Å². The number of carbonyl (C=O) groups excluding carboxylic acids is 1. The first-order chi connectivity index (χ1) is 8.71. The number of hydrogen-bond acceptors (Lipinski definition) is 5. The van der Waals surface area contributed by atoms with E-state index in [1.165, 1.54) is 13.1 Å². The summed E-state index contributed by atoms with van der Waals surface area (Å²) in [6, 6.07) is 1.70. The third-order valence-corrected chi connectivity index (χ3v) is 3.52. The fourth-order valence-electron chi connectivity index (χ4n) is 1.77. The number of carbonyl (C=O) groups is 1. The predicted molar refractivity (Wildman–Crippen MR) is 71.3 cm³/mol. The molecule has 1 aliphatic heterocycles. The number of nitrogens with zero attached hydrogens (tertiary/aromatic N) is 1. The molecule has 0 aliphatic carbocycles. The summed E-state index contributed by atoms with van der Waals surface area (Å²) in [5, 5.41) is 0. The van der Waals surface area contributed by atoms with Crippen molar-refractivity contribution >= 4 is 18.6 Å². The second kappa shape index (κ2) is 4.61. The molecule has 1 aromatic rings. The average molecular weight is 263 g/mol. The predicted octanol–water partition coefficient (Wildman–Crippen LogP) is 1.31. The smallest absolute Gasteiger partial charge is 0.425 e. The molecule has 1 fully saturated rings. The van der Waals surface area contributed by atoms with Gasteiger partial charge in [0, 0.05) is 18.6 Å². The maximum absolute atomic E-state index is 10.9. The van der Waals surface area contributed by atoms with Crippen molar-refractivity contribution in [2.24, 2.45) is 0 Å². The zero-order valence-corrected chi connectivity index (χ0v) is 11.9. The quantitative estimate of drug-likeness (QED) is 0.594. The van der Waals surface area contributed by atoms with Crippen molar-refractivity contribution in [2.75, 3.05) is 0 Å². The van der Waals surface area contributed by atoms with Crippen molar-refractivity contribution in [1.29, 1.82) is 0 Å². The number of aromatic nitrogens is 1. The highest BCUT2D eigenvalue weighted by atomic mass is 16.7. The molecule has 0 atom stereocenters. The summed E-state index contributed by atoms with van der Waals surface area (Å²) in [4.78, 5) is 15.0. The largest absolute Gasteiger partial charge is 0.496 e. The zero-order valence-electron chi connectivity index (χ0n) is 11.9. The van der Waals surface area contributed by atoms with Gasteiger partial charge in [-0.05, 0) is 33.8 Å². The van der Waals surface area contributed by atoms with E-state index < -0.39 is 18.3 Å². The van der Waals surface area contributed by atoms with Gasteiger partial charge in [-0.1, -0.05) is 0 Å². The summed E-state index contributed by atoms with van der Waals surface area (Å²) in [5.74, 6) is 0.00702. The summed E-state index contributed by atoms with van der Waals surface area (Å²) in [7, 11) is -0.506. The van der Waals surface area contributed by atoms with Gasteiger partial charge in [0.2, 0.25) is 0 Å². The van der Waals surface area contributed by atoms with E-state index in [0.717, 1.165) is 5.46 Å². The van der Waals surface area contributed by atoms with Crippen LogP contribution in [0.25, 0.3) is 0 Å². The Bertz CT molecular complexity index is 485. The van der Waals surface area contributed by atoms with Gasteiger partial charge >= 0.3 is 13.1 Å². The molecule has 0 bridgehead atoms. The normalized spacial score (nSPS) is 20.4. The van der Waals surface area contributed by atoms with Crippen LogP contribution < -0.4 is 10.2 Å². The van der Waals surface area contributed by atoms with Crippen LogP contribution in [0.5, 0.6) is 5.75 Å². The Morgan fingerprint density at radius 1 is 1.21 bits per heavy atom. The van der Waals surface area contributed by atoms with E-state index in [9.17, 15) is 4.79 Å². The molecule has 2 heterocycles. The molecule has 1 aromatic heterocycles. The Hall–Kier alpha value is -1.40. The van der Waals surface area contributed by atoms with Crippen molar-refractivity contribution in [3.63, 3.8) is 0 Å². The minimum Gasteiger partial charge on any atom is -0.425 e. The molecule has 0 amide bonds. The SMILES string of the molecule is CC(=O)Oc1cncc(B2OC(C)(C)C(C)(C)O2)c1. The fourth-order valence-corrected chi connectivity index (χ4v) is 1.77. The third kappa shape index (κ3) is 2.79. The summed E-state index contributed by atoms with van der Waals surface area (Å²) < 4.78 is 16.8. The molecule has 0 aromatic carbocycles. The lowest BCUT2D eigenvalue weighted by molar-refractivity contribution is -0.131. The molecule has 0 radical (unpaired) electrons. The molecule has 19 heavy (non-hydrogen) atoms. The molecule has 2 rings (SSSR count). The van der Waals surface area contributed by atoms with E-state index in [1.54, 1.807) is 12.3 Å². The van der Waals surface area contributed by atoms with Crippen LogP contribution in [0, 0.1) is 0 Å². The van der Waals surface area contributed by atoms with Gasteiger partial charge in [0.15, 0.2) is 0 Å². The maximum Gasteiger partial charge on any atom is 0.496 e. The topological polar surface area (TPSA) is 57.7 Å². The van der Waals surface area contributed by atoms with Crippen LogP contribution >= 0.6 is 0 Å². The van der Waals surface area contributed by atoms with E-state index in [1.807, 2.05) is 27.7 Å². The van der Waals surface area contributed by atoms with Crippen molar-refractivity contribution in [3.8, 4) is 5.75 Å². The Morgan fingerprint density at radius 2 is 1.79 bits per heavy atom. The molecule has 0 N–H and O–H groups in total. The Balaban J connectivity index is 2.22. The van der Waals surface area contributed by atoms with Crippen molar-refractivity contribution in [2.45, 2.75) is 45.8 Å². The van der Waals surface area contributed by atoms with Gasteiger partial charge in [-0.2, -0.15) is 0 Å². The highest BCUT2D eigenvalue weighted by molar-refractivity contribution is 6.62. The van der Waals surface area contributed by atoms with E-state index >= 15 is 0 Å². The Morgan fingerprint density at radius 3 is 2.32 bits per heavy atom. The van der Waals surface area contributed by atoms with Gasteiger partial charge in [0.25, 0.3) is 0 Å². The average Bonchev–Trinajstić information content (AvgIpc) is 2.47. The lowest BCUT2D eigenvalue weighted by Gasteiger charge is -2.32. The molecule has 1 saturated heterocycles. The van der Waals surface area contributed by atoms with Crippen LogP contribution in [0.2, 0.25) is 0 Å². The third-order valence-electron chi connectivity index (χ3n) is 3.52. The molecule has 6 heteroatoms.